The Morgan fingerprint density at radius 3 is 2.50 bits per heavy atom. The molecule has 3 unspecified atom stereocenters. The van der Waals surface area contributed by atoms with Crippen molar-refractivity contribution in [1.29, 1.82) is 0 Å². The smallest absolute Gasteiger partial charge is 0.132 e. The molecule has 4 nitrogen and oxygen atoms in total. The van der Waals surface area contributed by atoms with Crippen molar-refractivity contribution in [3.05, 3.63) is 11.9 Å². The first-order valence-corrected chi connectivity index (χ1v) is 6.88. The van der Waals surface area contributed by atoms with Gasteiger partial charge in [-0.25, -0.2) is 9.97 Å². The maximum absolute atomic E-state index is 4.46. The van der Waals surface area contributed by atoms with E-state index in [1.165, 1.54) is 19.3 Å². The second kappa shape index (κ2) is 5.55. The Bertz CT molecular complexity index is 405. The van der Waals surface area contributed by atoms with E-state index >= 15 is 0 Å². The predicted molar refractivity (Wildman–Crippen MR) is 75.9 cm³/mol. The summed E-state index contributed by atoms with van der Waals surface area (Å²) in [5.41, 5.74) is 0. The van der Waals surface area contributed by atoms with E-state index in [0.29, 0.717) is 6.04 Å². The van der Waals surface area contributed by atoms with Crippen molar-refractivity contribution in [2.24, 2.45) is 11.8 Å². The van der Waals surface area contributed by atoms with Crippen molar-refractivity contribution < 1.29 is 0 Å². The monoisotopic (exact) mass is 248 g/mol. The molecule has 1 heterocycles. The van der Waals surface area contributed by atoms with Crippen molar-refractivity contribution >= 4 is 11.6 Å². The third kappa shape index (κ3) is 3.12. The number of aromatic nitrogens is 2. The Labute approximate surface area is 110 Å². The van der Waals surface area contributed by atoms with E-state index in [0.717, 1.165) is 29.3 Å². The number of hydrogen-bond donors (Lipinski definition) is 2. The van der Waals surface area contributed by atoms with Crippen molar-refractivity contribution in [2.45, 2.75) is 46.1 Å². The zero-order valence-electron chi connectivity index (χ0n) is 11.8. The van der Waals surface area contributed by atoms with Crippen LogP contribution in [0.5, 0.6) is 0 Å². The van der Waals surface area contributed by atoms with E-state index < -0.39 is 0 Å². The minimum Gasteiger partial charge on any atom is -0.373 e. The van der Waals surface area contributed by atoms with Gasteiger partial charge in [-0.3, -0.25) is 0 Å². The van der Waals surface area contributed by atoms with Gasteiger partial charge in [0.15, 0.2) is 0 Å². The van der Waals surface area contributed by atoms with E-state index in [2.05, 4.69) is 34.4 Å². The third-order valence-electron chi connectivity index (χ3n) is 4.04. The molecule has 1 aromatic rings. The van der Waals surface area contributed by atoms with Gasteiger partial charge in [-0.05, 0) is 38.0 Å². The SMILES string of the molecule is CNc1cc(NC2CCC(C)C(C)C2)nc(C)n1. The number of aryl methyl sites for hydroxylation is 1. The largest absolute Gasteiger partial charge is 0.373 e. The van der Waals surface area contributed by atoms with Crippen LogP contribution in [0.2, 0.25) is 0 Å². The molecule has 4 heteroatoms. The molecule has 1 aliphatic carbocycles. The summed E-state index contributed by atoms with van der Waals surface area (Å²) >= 11 is 0. The van der Waals surface area contributed by atoms with Crippen LogP contribution in [0.15, 0.2) is 6.07 Å². The van der Waals surface area contributed by atoms with Crippen LogP contribution in [-0.4, -0.2) is 23.1 Å². The number of nitrogens with zero attached hydrogens (tertiary/aromatic N) is 2. The minimum atomic E-state index is 0.551. The Balaban J connectivity index is 2.03. The van der Waals surface area contributed by atoms with Gasteiger partial charge >= 0.3 is 0 Å². The number of rotatable bonds is 3. The maximum Gasteiger partial charge on any atom is 0.132 e. The first-order chi connectivity index (χ1) is 8.58. The molecular weight excluding hydrogens is 224 g/mol. The molecule has 1 aromatic heterocycles. The summed E-state index contributed by atoms with van der Waals surface area (Å²) in [6.45, 7) is 6.63. The Morgan fingerprint density at radius 2 is 1.83 bits per heavy atom. The molecule has 0 amide bonds. The summed E-state index contributed by atoms with van der Waals surface area (Å²) in [5.74, 6) is 4.27. The molecule has 1 fully saturated rings. The molecule has 100 valence electrons. The molecule has 0 aromatic carbocycles. The molecule has 0 bridgehead atoms. The lowest BCUT2D eigenvalue weighted by Gasteiger charge is -2.32. The van der Waals surface area contributed by atoms with E-state index in [-0.39, 0.29) is 0 Å². The number of anilines is 2. The van der Waals surface area contributed by atoms with Crippen LogP contribution in [0.1, 0.15) is 38.9 Å². The second-order valence-electron chi connectivity index (χ2n) is 5.54. The minimum absolute atomic E-state index is 0.551. The van der Waals surface area contributed by atoms with E-state index in [4.69, 9.17) is 0 Å². The zero-order valence-corrected chi connectivity index (χ0v) is 11.8. The molecule has 18 heavy (non-hydrogen) atoms. The lowest BCUT2D eigenvalue weighted by atomic mass is 9.79. The fourth-order valence-corrected chi connectivity index (χ4v) is 2.66. The Morgan fingerprint density at radius 1 is 1.11 bits per heavy atom. The lowest BCUT2D eigenvalue weighted by molar-refractivity contribution is 0.260. The van der Waals surface area contributed by atoms with E-state index in [9.17, 15) is 0 Å². The fourth-order valence-electron chi connectivity index (χ4n) is 2.66. The molecule has 1 saturated carbocycles. The van der Waals surface area contributed by atoms with Gasteiger partial charge in [0.05, 0.1) is 0 Å². The average molecular weight is 248 g/mol. The molecule has 0 aliphatic heterocycles. The van der Waals surface area contributed by atoms with Crippen LogP contribution >= 0.6 is 0 Å². The van der Waals surface area contributed by atoms with Crippen LogP contribution in [-0.2, 0) is 0 Å². The summed E-state index contributed by atoms with van der Waals surface area (Å²) in [4.78, 5) is 8.77. The van der Waals surface area contributed by atoms with Crippen LogP contribution in [0.4, 0.5) is 11.6 Å². The van der Waals surface area contributed by atoms with Gasteiger partial charge in [0.1, 0.15) is 17.5 Å². The Hall–Kier alpha value is -1.32. The van der Waals surface area contributed by atoms with Gasteiger partial charge in [0, 0.05) is 19.2 Å². The highest BCUT2D eigenvalue weighted by molar-refractivity contribution is 5.47. The van der Waals surface area contributed by atoms with Gasteiger partial charge in [-0.1, -0.05) is 13.8 Å². The van der Waals surface area contributed by atoms with Gasteiger partial charge in [-0.15, -0.1) is 0 Å². The van der Waals surface area contributed by atoms with Gasteiger partial charge in [0.2, 0.25) is 0 Å². The summed E-state index contributed by atoms with van der Waals surface area (Å²) in [7, 11) is 1.88. The molecule has 0 spiro atoms. The van der Waals surface area contributed by atoms with Crippen molar-refractivity contribution in [3.63, 3.8) is 0 Å². The zero-order chi connectivity index (χ0) is 13.1. The van der Waals surface area contributed by atoms with Crippen LogP contribution in [0.3, 0.4) is 0 Å². The van der Waals surface area contributed by atoms with E-state index in [1.54, 1.807) is 0 Å². The number of nitrogens with one attached hydrogen (secondary N) is 2. The molecule has 0 radical (unpaired) electrons. The Kier molecular flexibility index (Phi) is 4.04. The molecule has 2 N–H and O–H groups in total. The first kappa shape index (κ1) is 13.1. The second-order valence-corrected chi connectivity index (χ2v) is 5.54. The topological polar surface area (TPSA) is 49.8 Å². The van der Waals surface area contributed by atoms with Crippen molar-refractivity contribution in [1.82, 2.24) is 9.97 Å². The average Bonchev–Trinajstić information content (AvgIpc) is 2.33. The summed E-state index contributed by atoms with van der Waals surface area (Å²) < 4.78 is 0. The van der Waals surface area contributed by atoms with Gasteiger partial charge < -0.3 is 10.6 Å². The van der Waals surface area contributed by atoms with Crippen molar-refractivity contribution in [3.8, 4) is 0 Å². The van der Waals surface area contributed by atoms with Crippen LogP contribution < -0.4 is 10.6 Å². The van der Waals surface area contributed by atoms with Crippen LogP contribution in [0.25, 0.3) is 0 Å². The lowest BCUT2D eigenvalue weighted by Crippen LogP contribution is -2.30. The maximum atomic E-state index is 4.46. The highest BCUT2D eigenvalue weighted by atomic mass is 15.1. The van der Waals surface area contributed by atoms with Crippen LogP contribution in [0, 0.1) is 18.8 Å². The van der Waals surface area contributed by atoms with Crippen molar-refractivity contribution in [2.75, 3.05) is 17.7 Å². The quantitative estimate of drug-likeness (QED) is 0.863. The first-order valence-electron chi connectivity index (χ1n) is 6.88. The highest BCUT2D eigenvalue weighted by Crippen LogP contribution is 2.30. The summed E-state index contributed by atoms with van der Waals surface area (Å²) in [6, 6.07) is 2.53. The fraction of sp³-hybridized carbons (Fsp3) is 0.714. The molecule has 1 aliphatic rings. The summed E-state index contributed by atoms with van der Waals surface area (Å²) in [5, 5.41) is 6.63. The predicted octanol–water partition coefficient (Wildman–Crippen LogP) is 3.06. The molecule has 2 rings (SSSR count). The molecule has 0 saturated heterocycles. The highest BCUT2D eigenvalue weighted by Gasteiger charge is 2.24. The standard InChI is InChI=1S/C14H24N4/c1-9-5-6-12(7-10(9)2)18-14-8-13(15-4)16-11(3)17-14/h8-10,12H,5-7H2,1-4H3,(H2,15,16,17,18). The van der Waals surface area contributed by atoms with E-state index in [1.807, 2.05) is 20.0 Å². The molecular formula is C14H24N4. The number of hydrogen-bond acceptors (Lipinski definition) is 4. The third-order valence-corrected chi connectivity index (χ3v) is 4.04. The molecule has 3 atom stereocenters. The summed E-state index contributed by atoms with van der Waals surface area (Å²) in [6.07, 6.45) is 3.78. The normalized spacial score (nSPS) is 27.9. The van der Waals surface area contributed by atoms with Gasteiger partial charge in [-0.2, -0.15) is 0 Å². The van der Waals surface area contributed by atoms with Gasteiger partial charge in [0.25, 0.3) is 0 Å².